The number of carbonyl (C=O) groups is 3. The average molecular weight is 675 g/mol. The SMILES string of the molecule is COC1CN([C@H]2CC(COC3CCC(C(=O)O)CC3)N(C(=O)Cc3cc(Cl)c(NC(=O)c4csc5ccccc45)cc3Cl)C2)C1. The highest BCUT2D eigenvalue weighted by atomic mass is 35.5. The summed E-state index contributed by atoms with van der Waals surface area (Å²) in [5.41, 5.74) is 1.53. The lowest BCUT2D eigenvalue weighted by Gasteiger charge is -2.42. The van der Waals surface area contributed by atoms with Crippen molar-refractivity contribution in [3.05, 3.63) is 63.0 Å². The fraction of sp³-hybridized carbons (Fsp3) is 0.485. The molecule has 45 heavy (non-hydrogen) atoms. The second kappa shape index (κ2) is 13.9. The maximum absolute atomic E-state index is 13.8. The molecule has 9 nitrogen and oxygen atoms in total. The van der Waals surface area contributed by atoms with E-state index in [0.29, 0.717) is 65.7 Å². The third-order valence-corrected chi connectivity index (χ3v) is 11.1. The summed E-state index contributed by atoms with van der Waals surface area (Å²) in [4.78, 5) is 42.5. The van der Waals surface area contributed by atoms with Gasteiger partial charge >= 0.3 is 5.97 Å². The number of hydrogen-bond donors (Lipinski definition) is 2. The fourth-order valence-corrected chi connectivity index (χ4v) is 8.09. The summed E-state index contributed by atoms with van der Waals surface area (Å²) in [6, 6.07) is 11.1. The number of carboxylic acid groups (broad SMARTS) is 1. The minimum absolute atomic E-state index is 0.00144. The van der Waals surface area contributed by atoms with Crippen molar-refractivity contribution >= 4 is 68.1 Å². The molecule has 1 unspecified atom stereocenters. The first-order valence-electron chi connectivity index (χ1n) is 15.4. The molecule has 3 heterocycles. The van der Waals surface area contributed by atoms with Crippen molar-refractivity contribution in [3.8, 4) is 0 Å². The zero-order valence-corrected chi connectivity index (χ0v) is 27.4. The van der Waals surface area contributed by atoms with Crippen LogP contribution >= 0.6 is 34.5 Å². The Morgan fingerprint density at radius 2 is 1.78 bits per heavy atom. The van der Waals surface area contributed by atoms with Crippen LogP contribution in [0.5, 0.6) is 0 Å². The number of nitrogens with one attached hydrogen (secondary N) is 1. The standard InChI is InChI=1S/C33H37Cl2N3O6S/c1-43-24-15-37(16-24)21-12-22(17-44-23-8-6-19(7-9-23)33(41)42)38(14-21)31(39)11-20-10-28(35)29(13-27(20)34)36-32(40)26-18-45-30-5-3-2-4-25(26)30/h2-5,10,13,18-19,21-24H,6-9,11-12,14-17H2,1H3,(H,36,40)(H,41,42)/t19?,21-,22?,23?/m0/s1. The molecule has 2 atom stereocenters. The number of hydrogen-bond acceptors (Lipinski definition) is 7. The van der Waals surface area contributed by atoms with Gasteiger partial charge in [0, 0.05) is 53.3 Å². The summed E-state index contributed by atoms with van der Waals surface area (Å²) in [5.74, 6) is -1.38. The predicted molar refractivity (Wildman–Crippen MR) is 176 cm³/mol. The minimum Gasteiger partial charge on any atom is -0.481 e. The summed E-state index contributed by atoms with van der Waals surface area (Å²) in [6.07, 6.45) is 3.72. The van der Waals surface area contributed by atoms with Crippen LogP contribution in [0.2, 0.25) is 10.0 Å². The number of benzene rings is 2. The zero-order chi connectivity index (χ0) is 31.7. The lowest BCUT2D eigenvalue weighted by Crippen LogP contribution is -2.56. The molecule has 6 rings (SSSR count). The molecule has 2 amide bonds. The Balaban J connectivity index is 1.11. The van der Waals surface area contributed by atoms with E-state index in [4.69, 9.17) is 32.7 Å². The van der Waals surface area contributed by atoms with E-state index in [9.17, 15) is 19.5 Å². The van der Waals surface area contributed by atoms with Crippen molar-refractivity contribution in [2.24, 2.45) is 5.92 Å². The van der Waals surface area contributed by atoms with Gasteiger partial charge in [-0.1, -0.05) is 41.4 Å². The number of carboxylic acids is 1. The summed E-state index contributed by atoms with van der Waals surface area (Å²) in [5, 5.41) is 15.5. The van der Waals surface area contributed by atoms with Crippen LogP contribution in [-0.4, -0.2) is 90.3 Å². The Labute approximate surface area is 276 Å². The minimum atomic E-state index is -0.738. The van der Waals surface area contributed by atoms with Crippen LogP contribution in [0.3, 0.4) is 0 Å². The van der Waals surface area contributed by atoms with Gasteiger partial charge in [-0.2, -0.15) is 0 Å². The molecular formula is C33H37Cl2N3O6S. The molecule has 1 aliphatic carbocycles. The zero-order valence-electron chi connectivity index (χ0n) is 25.0. The Hall–Kier alpha value is -2.73. The van der Waals surface area contributed by atoms with Crippen LogP contribution in [0.4, 0.5) is 5.69 Å². The van der Waals surface area contributed by atoms with Gasteiger partial charge in [-0.15, -0.1) is 11.3 Å². The first kappa shape index (κ1) is 32.2. The molecule has 2 saturated heterocycles. The topological polar surface area (TPSA) is 108 Å². The van der Waals surface area contributed by atoms with E-state index in [1.165, 1.54) is 11.3 Å². The number of halogens is 2. The molecule has 1 saturated carbocycles. The number of likely N-dealkylation sites (tertiary alicyclic amines) is 2. The molecule has 0 radical (unpaired) electrons. The van der Waals surface area contributed by atoms with Gasteiger partial charge in [0.2, 0.25) is 5.91 Å². The molecular weight excluding hydrogens is 637 g/mol. The van der Waals surface area contributed by atoms with Crippen LogP contribution in [0, 0.1) is 5.92 Å². The van der Waals surface area contributed by atoms with Crippen LogP contribution in [-0.2, 0) is 25.5 Å². The van der Waals surface area contributed by atoms with Crippen LogP contribution in [0.25, 0.3) is 10.1 Å². The summed E-state index contributed by atoms with van der Waals surface area (Å²) < 4.78 is 12.8. The van der Waals surface area contributed by atoms with E-state index in [1.807, 2.05) is 34.5 Å². The number of carbonyl (C=O) groups excluding carboxylic acids is 2. The number of amides is 2. The van der Waals surface area contributed by atoms with Gasteiger partial charge in [0.25, 0.3) is 5.91 Å². The largest absolute Gasteiger partial charge is 0.481 e. The Kier molecular flexibility index (Phi) is 9.99. The molecule has 3 aliphatic rings. The molecule has 12 heteroatoms. The molecule has 2 aliphatic heterocycles. The van der Waals surface area contributed by atoms with Gasteiger partial charge in [0.05, 0.1) is 53.5 Å². The van der Waals surface area contributed by atoms with Gasteiger partial charge in [-0.05, 0) is 55.9 Å². The summed E-state index contributed by atoms with van der Waals surface area (Å²) in [6.45, 7) is 2.67. The van der Waals surface area contributed by atoms with Gasteiger partial charge in [-0.3, -0.25) is 19.3 Å². The molecule has 2 aromatic carbocycles. The maximum atomic E-state index is 13.8. The third-order valence-electron chi connectivity index (χ3n) is 9.44. The highest BCUT2D eigenvalue weighted by Crippen LogP contribution is 2.34. The Morgan fingerprint density at radius 3 is 2.51 bits per heavy atom. The van der Waals surface area contributed by atoms with E-state index in [2.05, 4.69) is 10.2 Å². The lowest BCUT2D eigenvalue weighted by molar-refractivity contribution is -0.144. The number of fused-ring (bicyclic) bond motifs is 1. The van der Waals surface area contributed by atoms with Crippen molar-refractivity contribution < 1.29 is 29.0 Å². The van der Waals surface area contributed by atoms with Crippen molar-refractivity contribution in [1.29, 1.82) is 0 Å². The number of ether oxygens (including phenoxy) is 2. The maximum Gasteiger partial charge on any atom is 0.306 e. The van der Waals surface area contributed by atoms with E-state index in [1.54, 1.807) is 19.2 Å². The molecule has 3 fully saturated rings. The van der Waals surface area contributed by atoms with Gasteiger partial charge in [0.15, 0.2) is 0 Å². The van der Waals surface area contributed by atoms with E-state index >= 15 is 0 Å². The number of nitrogens with zero attached hydrogens (tertiary/aromatic N) is 2. The molecule has 240 valence electrons. The van der Waals surface area contributed by atoms with Crippen molar-refractivity contribution in [2.75, 3.05) is 38.7 Å². The van der Waals surface area contributed by atoms with Crippen LogP contribution in [0.1, 0.15) is 48.0 Å². The lowest BCUT2D eigenvalue weighted by atomic mass is 9.87. The van der Waals surface area contributed by atoms with Crippen LogP contribution in [0.15, 0.2) is 41.8 Å². The van der Waals surface area contributed by atoms with Crippen LogP contribution < -0.4 is 5.32 Å². The van der Waals surface area contributed by atoms with Crippen molar-refractivity contribution in [3.63, 3.8) is 0 Å². The molecule has 0 bridgehead atoms. The highest BCUT2D eigenvalue weighted by molar-refractivity contribution is 7.17. The van der Waals surface area contributed by atoms with E-state index in [-0.39, 0.29) is 48.4 Å². The summed E-state index contributed by atoms with van der Waals surface area (Å²) >= 11 is 14.8. The van der Waals surface area contributed by atoms with Crippen molar-refractivity contribution in [1.82, 2.24) is 9.80 Å². The Morgan fingerprint density at radius 1 is 1.02 bits per heavy atom. The first-order chi connectivity index (χ1) is 21.7. The molecule has 2 N–H and O–H groups in total. The first-order valence-corrected chi connectivity index (χ1v) is 17.0. The average Bonchev–Trinajstić information content (AvgIpc) is 3.63. The van der Waals surface area contributed by atoms with E-state index in [0.717, 1.165) is 29.6 Å². The third kappa shape index (κ3) is 7.16. The van der Waals surface area contributed by atoms with Crippen molar-refractivity contribution in [2.45, 2.75) is 62.8 Å². The predicted octanol–water partition coefficient (Wildman–Crippen LogP) is 5.96. The van der Waals surface area contributed by atoms with Gasteiger partial charge in [0.1, 0.15) is 0 Å². The molecule has 0 spiro atoms. The number of methoxy groups -OCH3 is 1. The van der Waals surface area contributed by atoms with E-state index < -0.39 is 5.97 Å². The molecule has 3 aromatic rings. The number of thiophene rings is 1. The smallest absolute Gasteiger partial charge is 0.306 e. The summed E-state index contributed by atoms with van der Waals surface area (Å²) in [7, 11) is 1.72. The number of aliphatic carboxylic acids is 1. The second-order valence-electron chi connectivity index (χ2n) is 12.2. The van der Waals surface area contributed by atoms with Gasteiger partial charge < -0.3 is 24.8 Å². The molecule has 1 aromatic heterocycles. The normalized spacial score (nSPS) is 24.1. The monoisotopic (exact) mass is 673 g/mol. The number of rotatable bonds is 10. The highest BCUT2D eigenvalue weighted by Gasteiger charge is 2.42. The van der Waals surface area contributed by atoms with Gasteiger partial charge in [-0.25, -0.2) is 0 Å². The quantitative estimate of drug-likeness (QED) is 0.273. The number of anilines is 1. The fourth-order valence-electron chi connectivity index (χ4n) is 6.69. The second-order valence-corrected chi connectivity index (χ2v) is 14.0. The Bertz CT molecular complexity index is 1570.